The summed E-state index contributed by atoms with van der Waals surface area (Å²) >= 11 is 0. The fourth-order valence-corrected chi connectivity index (χ4v) is 1.17. The number of unbranched alkanes of at least 4 members (excludes halogenated alkanes) is 2. The van der Waals surface area contributed by atoms with Gasteiger partial charge in [-0.1, -0.05) is 50.1 Å². The Labute approximate surface area is 69.3 Å². The summed E-state index contributed by atoms with van der Waals surface area (Å²) in [6.45, 7) is 2.23. The fourth-order valence-electron chi connectivity index (χ4n) is 1.17. The first-order valence-electron chi connectivity index (χ1n) is 4.45. The molecule has 1 rings (SSSR count). The summed E-state index contributed by atoms with van der Waals surface area (Å²) in [7, 11) is 0. The molecule has 0 saturated heterocycles. The molecule has 0 atom stereocenters. The van der Waals surface area contributed by atoms with Gasteiger partial charge in [0.1, 0.15) is 0 Å². The van der Waals surface area contributed by atoms with Crippen LogP contribution in [0.1, 0.15) is 32.6 Å². The molecule has 0 unspecified atom stereocenters. The van der Waals surface area contributed by atoms with Crippen molar-refractivity contribution in [3.05, 3.63) is 36.0 Å². The maximum Gasteiger partial charge on any atom is -0.00975 e. The van der Waals surface area contributed by atoms with Crippen molar-refractivity contribution in [2.75, 3.05) is 0 Å². The summed E-state index contributed by atoms with van der Waals surface area (Å²) in [5.74, 6) is 0. The molecule has 0 N–H and O–H groups in total. The van der Waals surface area contributed by atoms with Crippen LogP contribution in [0, 0.1) is 0 Å². The summed E-state index contributed by atoms with van der Waals surface area (Å²) in [4.78, 5) is 0. The van der Waals surface area contributed by atoms with Crippen molar-refractivity contribution in [1.29, 1.82) is 0 Å². The van der Waals surface area contributed by atoms with Crippen LogP contribution in [-0.4, -0.2) is 0 Å². The first-order valence-corrected chi connectivity index (χ1v) is 4.45. The topological polar surface area (TPSA) is 0 Å². The number of hydrogen-bond donors (Lipinski definition) is 0. The lowest BCUT2D eigenvalue weighted by Gasteiger charge is -2.00. The Morgan fingerprint density at radius 3 is 3.00 bits per heavy atom. The monoisotopic (exact) mass is 148 g/mol. The summed E-state index contributed by atoms with van der Waals surface area (Å²) in [5.41, 5.74) is 1.47. The van der Waals surface area contributed by atoms with Gasteiger partial charge in [0, 0.05) is 0 Å². The zero-order chi connectivity index (χ0) is 7.94. The van der Waals surface area contributed by atoms with Crippen LogP contribution in [0.4, 0.5) is 0 Å². The van der Waals surface area contributed by atoms with Crippen LogP contribution in [0.15, 0.2) is 36.0 Å². The van der Waals surface area contributed by atoms with E-state index < -0.39 is 0 Å². The Kier molecular flexibility index (Phi) is 3.74. The highest BCUT2D eigenvalue weighted by molar-refractivity contribution is 5.29. The summed E-state index contributed by atoms with van der Waals surface area (Å²) < 4.78 is 0. The van der Waals surface area contributed by atoms with Crippen molar-refractivity contribution in [3.8, 4) is 0 Å². The Hall–Kier alpha value is -0.780. The van der Waals surface area contributed by atoms with Gasteiger partial charge >= 0.3 is 0 Å². The molecule has 0 aromatic heterocycles. The van der Waals surface area contributed by atoms with Gasteiger partial charge in [0.2, 0.25) is 0 Å². The minimum absolute atomic E-state index is 1.13. The van der Waals surface area contributed by atoms with E-state index in [2.05, 4.69) is 37.3 Å². The number of rotatable bonds is 3. The SMILES string of the molecule is CCCC/C=C1\C=CC=CC1. The van der Waals surface area contributed by atoms with Crippen LogP contribution in [0.3, 0.4) is 0 Å². The molecule has 0 radical (unpaired) electrons. The molecule has 0 amide bonds. The van der Waals surface area contributed by atoms with E-state index in [0.717, 1.165) is 6.42 Å². The Bertz CT molecular complexity index is 182. The molecule has 0 aromatic rings. The predicted octanol–water partition coefficient (Wildman–Crippen LogP) is 3.62. The maximum absolute atomic E-state index is 2.35. The summed E-state index contributed by atoms with van der Waals surface area (Å²) in [6, 6.07) is 0. The first-order chi connectivity index (χ1) is 5.43. The van der Waals surface area contributed by atoms with Crippen molar-refractivity contribution in [2.45, 2.75) is 32.6 Å². The maximum atomic E-state index is 2.35. The quantitative estimate of drug-likeness (QED) is 0.536. The van der Waals surface area contributed by atoms with Gasteiger partial charge in [-0.05, 0) is 18.4 Å². The molecule has 0 spiro atoms. The molecule has 0 aliphatic heterocycles. The van der Waals surface area contributed by atoms with Crippen LogP contribution in [0.2, 0.25) is 0 Å². The van der Waals surface area contributed by atoms with E-state index in [1.807, 2.05) is 0 Å². The van der Waals surface area contributed by atoms with Crippen molar-refractivity contribution in [2.24, 2.45) is 0 Å². The molecule has 0 fully saturated rings. The van der Waals surface area contributed by atoms with Crippen molar-refractivity contribution < 1.29 is 0 Å². The zero-order valence-electron chi connectivity index (χ0n) is 7.22. The van der Waals surface area contributed by atoms with Crippen LogP contribution < -0.4 is 0 Å². The molecule has 1 aliphatic carbocycles. The van der Waals surface area contributed by atoms with E-state index in [-0.39, 0.29) is 0 Å². The van der Waals surface area contributed by atoms with Gasteiger partial charge in [-0.3, -0.25) is 0 Å². The average Bonchev–Trinajstić information content (AvgIpc) is 2.07. The molecule has 0 bridgehead atoms. The smallest absolute Gasteiger partial charge is 0.00975 e. The van der Waals surface area contributed by atoms with Gasteiger partial charge in [0.05, 0.1) is 0 Å². The fraction of sp³-hybridized carbons (Fsp3) is 0.455. The highest BCUT2D eigenvalue weighted by atomic mass is 14.0. The van der Waals surface area contributed by atoms with E-state index in [1.54, 1.807) is 0 Å². The Morgan fingerprint density at radius 1 is 1.45 bits per heavy atom. The van der Waals surface area contributed by atoms with Gasteiger partial charge in [-0.15, -0.1) is 0 Å². The lowest BCUT2D eigenvalue weighted by atomic mass is 10.1. The molecule has 60 valence electrons. The second kappa shape index (κ2) is 4.95. The minimum atomic E-state index is 1.13. The molecule has 0 heteroatoms. The molecule has 1 aliphatic rings. The standard InChI is InChI=1S/C11H16/c1-2-3-5-8-11-9-6-4-7-10-11/h4,6-9H,2-3,5,10H2,1H3/b11-8+. The van der Waals surface area contributed by atoms with E-state index in [4.69, 9.17) is 0 Å². The zero-order valence-corrected chi connectivity index (χ0v) is 7.22. The van der Waals surface area contributed by atoms with Crippen molar-refractivity contribution in [3.63, 3.8) is 0 Å². The molecule has 0 heterocycles. The Balaban J connectivity index is 2.29. The molecular weight excluding hydrogens is 132 g/mol. The van der Waals surface area contributed by atoms with Crippen LogP contribution >= 0.6 is 0 Å². The van der Waals surface area contributed by atoms with E-state index >= 15 is 0 Å². The normalized spacial score (nSPS) is 19.5. The summed E-state index contributed by atoms with van der Waals surface area (Å²) in [6.07, 6.45) is 16.0. The van der Waals surface area contributed by atoms with Crippen molar-refractivity contribution >= 4 is 0 Å². The largest absolute Gasteiger partial charge is 0.0810 e. The van der Waals surface area contributed by atoms with Gasteiger partial charge in [-0.2, -0.15) is 0 Å². The van der Waals surface area contributed by atoms with Gasteiger partial charge in [-0.25, -0.2) is 0 Å². The average molecular weight is 148 g/mol. The van der Waals surface area contributed by atoms with E-state index in [0.29, 0.717) is 0 Å². The highest BCUT2D eigenvalue weighted by Crippen LogP contribution is 2.11. The van der Waals surface area contributed by atoms with Crippen LogP contribution in [0.25, 0.3) is 0 Å². The number of hydrogen-bond acceptors (Lipinski definition) is 0. The third-order valence-corrected chi connectivity index (χ3v) is 1.88. The molecule has 0 aromatic carbocycles. The molecular formula is C11H16. The lowest BCUT2D eigenvalue weighted by molar-refractivity contribution is 0.810. The highest BCUT2D eigenvalue weighted by Gasteiger charge is 1.91. The van der Waals surface area contributed by atoms with Gasteiger partial charge in [0.15, 0.2) is 0 Å². The molecule has 0 nitrogen and oxygen atoms in total. The predicted molar refractivity (Wildman–Crippen MR) is 50.5 cm³/mol. The van der Waals surface area contributed by atoms with Crippen molar-refractivity contribution in [1.82, 2.24) is 0 Å². The number of allylic oxidation sites excluding steroid dienone is 6. The van der Waals surface area contributed by atoms with E-state index in [1.165, 1.54) is 24.8 Å². The molecule has 0 saturated carbocycles. The first kappa shape index (κ1) is 8.32. The third kappa shape index (κ3) is 3.22. The van der Waals surface area contributed by atoms with Gasteiger partial charge < -0.3 is 0 Å². The minimum Gasteiger partial charge on any atom is -0.0810 e. The Morgan fingerprint density at radius 2 is 2.36 bits per heavy atom. The third-order valence-electron chi connectivity index (χ3n) is 1.88. The second-order valence-corrected chi connectivity index (χ2v) is 2.91. The van der Waals surface area contributed by atoms with Gasteiger partial charge in [0.25, 0.3) is 0 Å². The van der Waals surface area contributed by atoms with Crippen LogP contribution in [-0.2, 0) is 0 Å². The van der Waals surface area contributed by atoms with E-state index in [9.17, 15) is 0 Å². The van der Waals surface area contributed by atoms with Crippen LogP contribution in [0.5, 0.6) is 0 Å². The summed E-state index contributed by atoms with van der Waals surface area (Å²) in [5, 5.41) is 0. The lowest BCUT2D eigenvalue weighted by Crippen LogP contribution is -1.80. The molecule has 11 heavy (non-hydrogen) atoms. The second-order valence-electron chi connectivity index (χ2n) is 2.91.